The third kappa shape index (κ3) is 5.20. The highest BCUT2D eigenvalue weighted by Gasteiger charge is 2.26. The largest absolute Gasteiger partial charge is 0.493 e. The van der Waals surface area contributed by atoms with Gasteiger partial charge in [-0.15, -0.1) is 0 Å². The SMILES string of the molecule is COc1cc(CNc2cc(S(=O)(=O)N3CCCCC3)ccc2C)ccc1OC(F)F. The molecule has 6 nitrogen and oxygen atoms in total. The summed E-state index contributed by atoms with van der Waals surface area (Å²) in [5.41, 5.74) is 2.37. The summed E-state index contributed by atoms with van der Waals surface area (Å²) >= 11 is 0. The number of methoxy groups -OCH3 is 1. The van der Waals surface area contributed by atoms with Gasteiger partial charge in [0.05, 0.1) is 12.0 Å². The number of hydrogen-bond donors (Lipinski definition) is 1. The molecule has 9 heteroatoms. The van der Waals surface area contributed by atoms with Crippen molar-refractivity contribution in [2.45, 2.75) is 44.2 Å². The first kappa shape index (κ1) is 22.3. The van der Waals surface area contributed by atoms with Crippen LogP contribution in [0.3, 0.4) is 0 Å². The quantitative estimate of drug-likeness (QED) is 0.659. The second kappa shape index (κ2) is 9.61. The van der Waals surface area contributed by atoms with Gasteiger partial charge in [0.15, 0.2) is 11.5 Å². The van der Waals surface area contributed by atoms with Crippen LogP contribution in [-0.4, -0.2) is 39.5 Å². The first-order valence-electron chi connectivity index (χ1n) is 9.77. The molecule has 1 aliphatic rings. The van der Waals surface area contributed by atoms with Crippen LogP contribution >= 0.6 is 0 Å². The zero-order chi connectivity index (χ0) is 21.7. The standard InChI is InChI=1S/C21H26F2N2O4S/c1-15-6-8-17(30(26,27)25-10-4-3-5-11-25)13-18(15)24-14-16-7-9-19(29-21(22)23)20(12-16)28-2/h6-9,12-13,21,24H,3-5,10-11,14H2,1-2H3. The number of anilines is 1. The summed E-state index contributed by atoms with van der Waals surface area (Å²) in [5, 5.41) is 3.23. The van der Waals surface area contributed by atoms with Crippen LogP contribution in [0.4, 0.5) is 14.5 Å². The maximum absolute atomic E-state index is 12.9. The Kier molecular flexibility index (Phi) is 7.14. The Labute approximate surface area is 175 Å². The molecule has 1 N–H and O–H groups in total. The first-order chi connectivity index (χ1) is 14.3. The van der Waals surface area contributed by atoms with E-state index in [0.29, 0.717) is 25.3 Å². The van der Waals surface area contributed by atoms with Gasteiger partial charge < -0.3 is 14.8 Å². The van der Waals surface area contributed by atoms with Gasteiger partial charge in [0.2, 0.25) is 10.0 Å². The number of piperidine rings is 1. The van der Waals surface area contributed by atoms with Gasteiger partial charge in [-0.25, -0.2) is 8.42 Å². The molecule has 0 amide bonds. The molecule has 2 aromatic rings. The van der Waals surface area contributed by atoms with Gasteiger partial charge in [0.1, 0.15) is 0 Å². The molecular weight excluding hydrogens is 414 g/mol. The molecule has 164 valence electrons. The fourth-order valence-corrected chi connectivity index (χ4v) is 4.96. The Morgan fingerprint density at radius 1 is 1.07 bits per heavy atom. The van der Waals surface area contributed by atoms with Gasteiger partial charge >= 0.3 is 6.61 Å². The van der Waals surface area contributed by atoms with E-state index in [1.807, 2.05) is 6.92 Å². The van der Waals surface area contributed by atoms with Crippen LogP contribution < -0.4 is 14.8 Å². The van der Waals surface area contributed by atoms with Crippen molar-refractivity contribution in [3.63, 3.8) is 0 Å². The van der Waals surface area contributed by atoms with Crippen LogP contribution in [0.2, 0.25) is 0 Å². The van der Waals surface area contributed by atoms with Gasteiger partial charge in [-0.2, -0.15) is 13.1 Å². The van der Waals surface area contributed by atoms with Gasteiger partial charge in [-0.3, -0.25) is 0 Å². The summed E-state index contributed by atoms with van der Waals surface area (Å²) in [6, 6.07) is 9.73. The molecule has 1 heterocycles. The molecule has 1 saturated heterocycles. The van der Waals surface area contributed by atoms with E-state index in [-0.39, 0.29) is 16.4 Å². The lowest BCUT2D eigenvalue weighted by Gasteiger charge is -2.26. The van der Waals surface area contributed by atoms with E-state index in [4.69, 9.17) is 4.74 Å². The fourth-order valence-electron chi connectivity index (χ4n) is 3.42. The zero-order valence-corrected chi connectivity index (χ0v) is 17.8. The van der Waals surface area contributed by atoms with E-state index in [1.165, 1.54) is 17.5 Å². The molecule has 1 fully saturated rings. The van der Waals surface area contributed by atoms with Crippen LogP contribution in [-0.2, 0) is 16.6 Å². The Bertz CT molecular complexity index is 977. The summed E-state index contributed by atoms with van der Waals surface area (Å²) in [7, 11) is -2.15. The number of aryl methyl sites for hydroxylation is 1. The normalized spacial score (nSPS) is 15.2. The second-order valence-electron chi connectivity index (χ2n) is 7.16. The maximum Gasteiger partial charge on any atom is 0.387 e. The van der Waals surface area contributed by atoms with Gasteiger partial charge in [0.25, 0.3) is 0 Å². The van der Waals surface area contributed by atoms with E-state index in [1.54, 1.807) is 30.3 Å². The van der Waals surface area contributed by atoms with Crippen molar-refractivity contribution in [3.8, 4) is 11.5 Å². The molecule has 0 aromatic heterocycles. The molecule has 2 aromatic carbocycles. The molecular formula is C21H26F2N2O4S. The number of hydrogen-bond acceptors (Lipinski definition) is 5. The lowest BCUT2D eigenvalue weighted by Crippen LogP contribution is -2.35. The summed E-state index contributed by atoms with van der Waals surface area (Å²) in [6.45, 7) is 0.409. The van der Waals surface area contributed by atoms with Crippen molar-refractivity contribution in [1.29, 1.82) is 0 Å². The van der Waals surface area contributed by atoms with Crippen molar-refractivity contribution < 1.29 is 26.7 Å². The predicted octanol–water partition coefficient (Wildman–Crippen LogP) is 4.39. The highest BCUT2D eigenvalue weighted by Crippen LogP contribution is 2.30. The molecule has 0 radical (unpaired) electrons. The fraction of sp³-hybridized carbons (Fsp3) is 0.429. The first-order valence-corrected chi connectivity index (χ1v) is 11.2. The van der Waals surface area contributed by atoms with Crippen molar-refractivity contribution in [2.75, 3.05) is 25.5 Å². The number of halogens is 2. The third-order valence-electron chi connectivity index (χ3n) is 5.09. The van der Waals surface area contributed by atoms with Crippen molar-refractivity contribution >= 4 is 15.7 Å². The number of alkyl halides is 2. The molecule has 0 atom stereocenters. The maximum atomic E-state index is 12.9. The summed E-state index contributed by atoms with van der Waals surface area (Å²) in [4.78, 5) is 0.260. The molecule has 30 heavy (non-hydrogen) atoms. The van der Waals surface area contributed by atoms with Crippen molar-refractivity contribution in [3.05, 3.63) is 47.5 Å². The lowest BCUT2D eigenvalue weighted by molar-refractivity contribution is -0.0512. The monoisotopic (exact) mass is 440 g/mol. The van der Waals surface area contributed by atoms with E-state index in [9.17, 15) is 17.2 Å². The minimum absolute atomic E-state index is 0.0398. The van der Waals surface area contributed by atoms with Crippen LogP contribution in [0.15, 0.2) is 41.3 Å². The van der Waals surface area contributed by atoms with Crippen LogP contribution in [0.1, 0.15) is 30.4 Å². The number of benzene rings is 2. The number of ether oxygens (including phenoxy) is 2. The van der Waals surface area contributed by atoms with Gasteiger partial charge in [0, 0.05) is 25.3 Å². The highest BCUT2D eigenvalue weighted by molar-refractivity contribution is 7.89. The molecule has 3 rings (SSSR count). The Hall–Kier alpha value is -2.39. The molecule has 0 aliphatic carbocycles. The highest BCUT2D eigenvalue weighted by atomic mass is 32.2. The predicted molar refractivity (Wildman–Crippen MR) is 111 cm³/mol. The lowest BCUT2D eigenvalue weighted by atomic mass is 10.1. The third-order valence-corrected chi connectivity index (χ3v) is 6.98. The minimum atomic E-state index is -3.53. The second-order valence-corrected chi connectivity index (χ2v) is 9.10. The summed E-state index contributed by atoms with van der Waals surface area (Å²) in [6.07, 6.45) is 2.81. The van der Waals surface area contributed by atoms with Crippen LogP contribution in [0.25, 0.3) is 0 Å². The Balaban J connectivity index is 1.76. The summed E-state index contributed by atoms with van der Waals surface area (Å²) < 4.78 is 61.9. The molecule has 1 aliphatic heterocycles. The number of sulfonamides is 1. The van der Waals surface area contributed by atoms with Crippen molar-refractivity contribution in [1.82, 2.24) is 4.31 Å². The van der Waals surface area contributed by atoms with Gasteiger partial charge in [-0.05, 0) is 55.2 Å². The number of nitrogens with zero attached hydrogens (tertiary/aromatic N) is 1. The molecule has 0 spiro atoms. The molecule has 0 unspecified atom stereocenters. The number of nitrogens with one attached hydrogen (secondary N) is 1. The minimum Gasteiger partial charge on any atom is -0.493 e. The summed E-state index contributed by atoms with van der Waals surface area (Å²) in [5.74, 6) is 0.162. The molecule has 0 saturated carbocycles. The average Bonchev–Trinajstić information content (AvgIpc) is 2.74. The Morgan fingerprint density at radius 3 is 2.47 bits per heavy atom. The van der Waals surface area contributed by atoms with E-state index in [0.717, 1.165) is 30.4 Å². The average molecular weight is 441 g/mol. The zero-order valence-electron chi connectivity index (χ0n) is 17.0. The topological polar surface area (TPSA) is 67.9 Å². The van der Waals surface area contributed by atoms with Crippen molar-refractivity contribution in [2.24, 2.45) is 0 Å². The van der Waals surface area contributed by atoms with Gasteiger partial charge in [-0.1, -0.05) is 18.6 Å². The van der Waals surface area contributed by atoms with E-state index >= 15 is 0 Å². The number of rotatable bonds is 8. The smallest absolute Gasteiger partial charge is 0.387 e. The van der Waals surface area contributed by atoms with E-state index < -0.39 is 16.6 Å². The van der Waals surface area contributed by atoms with Crippen LogP contribution in [0, 0.1) is 6.92 Å². The van der Waals surface area contributed by atoms with Crippen LogP contribution in [0.5, 0.6) is 11.5 Å². The molecule has 0 bridgehead atoms. The Morgan fingerprint density at radius 2 is 1.80 bits per heavy atom. The van der Waals surface area contributed by atoms with E-state index in [2.05, 4.69) is 10.1 Å².